The maximum absolute atomic E-state index is 11.8. The number of carbonyl (C=O) groups excluding carboxylic acids is 3. The van der Waals surface area contributed by atoms with E-state index in [1.54, 1.807) is 7.05 Å². The van der Waals surface area contributed by atoms with Crippen LogP contribution < -0.4 is 0 Å². The van der Waals surface area contributed by atoms with Crippen molar-refractivity contribution < 1.29 is 23.9 Å². The van der Waals surface area contributed by atoms with Gasteiger partial charge < -0.3 is 14.4 Å². The first kappa shape index (κ1) is 26.1. The van der Waals surface area contributed by atoms with Gasteiger partial charge in [-0.3, -0.25) is 14.4 Å². The molecule has 0 heterocycles. The van der Waals surface area contributed by atoms with E-state index in [0.29, 0.717) is 38.9 Å². The molecule has 7 heteroatoms. The number of likely N-dealkylation sites (N-methyl/N-ethyl adjacent to an activating group) is 1. The van der Waals surface area contributed by atoms with Crippen LogP contribution in [0.4, 0.5) is 0 Å². The summed E-state index contributed by atoms with van der Waals surface area (Å²) in [5, 5.41) is 0. The number of amides is 1. The van der Waals surface area contributed by atoms with Crippen LogP contribution in [0.15, 0.2) is 12.2 Å². The molecule has 0 aromatic carbocycles. The van der Waals surface area contributed by atoms with Gasteiger partial charge in [0.2, 0.25) is 5.91 Å². The topological polar surface area (TPSA) is 72.9 Å². The molecule has 0 aromatic heterocycles. The summed E-state index contributed by atoms with van der Waals surface area (Å²) in [4.78, 5) is 34.8. The number of aldehydes is 1. The van der Waals surface area contributed by atoms with Gasteiger partial charge >= 0.3 is 0 Å². The van der Waals surface area contributed by atoms with Crippen LogP contribution in [0.3, 0.4) is 0 Å². The van der Waals surface area contributed by atoms with Crippen LogP contribution in [0.5, 0.6) is 0 Å². The smallest absolute Gasteiger partial charge is 0.246 e. The lowest BCUT2D eigenvalue weighted by Gasteiger charge is -2.34. The van der Waals surface area contributed by atoms with Gasteiger partial charge in [0.25, 0.3) is 0 Å². The first-order valence-corrected chi connectivity index (χ1v) is 8.19. The number of nitrogens with zero attached hydrogens (tertiary/aromatic N) is 1. The van der Waals surface area contributed by atoms with E-state index >= 15 is 0 Å². The summed E-state index contributed by atoms with van der Waals surface area (Å²) < 4.78 is 11.6. The molecule has 0 bridgehead atoms. The minimum Gasteiger partial charge on any atom is -0.373 e. The molecule has 0 spiro atoms. The van der Waals surface area contributed by atoms with E-state index in [2.05, 4.69) is 0 Å². The molecule has 0 rings (SSSR count). The second kappa shape index (κ2) is 12.2. The number of ketones is 1. The van der Waals surface area contributed by atoms with Crippen molar-refractivity contribution in [2.45, 2.75) is 58.7 Å². The molecule has 0 atom stereocenters. The van der Waals surface area contributed by atoms with Gasteiger partial charge in [-0.2, -0.15) is 13.5 Å². The minimum atomic E-state index is -0.570. The van der Waals surface area contributed by atoms with E-state index in [-0.39, 0.29) is 25.2 Å². The molecule has 0 saturated heterocycles. The zero-order chi connectivity index (χ0) is 18.8. The van der Waals surface area contributed by atoms with Crippen molar-refractivity contribution in [3.05, 3.63) is 12.2 Å². The molecule has 146 valence electrons. The van der Waals surface area contributed by atoms with E-state index in [9.17, 15) is 14.4 Å². The highest BCUT2D eigenvalue weighted by atomic mass is 32.1. The average molecular weight is 376 g/mol. The van der Waals surface area contributed by atoms with Crippen molar-refractivity contribution >= 4 is 31.5 Å². The highest BCUT2D eigenvalue weighted by molar-refractivity contribution is 7.59. The molecule has 6 nitrogen and oxygen atoms in total. The van der Waals surface area contributed by atoms with Crippen LogP contribution in [0.2, 0.25) is 0 Å². The Hall–Kier alpha value is -1.18. The van der Waals surface area contributed by atoms with E-state index in [1.165, 1.54) is 17.1 Å². The Kier molecular flexibility index (Phi) is 12.7. The van der Waals surface area contributed by atoms with Gasteiger partial charge in [-0.05, 0) is 33.8 Å². The second-order valence-corrected chi connectivity index (χ2v) is 6.99. The second-order valence-electron chi connectivity index (χ2n) is 6.99. The number of ether oxygens (including phenoxy) is 2. The quantitative estimate of drug-likeness (QED) is 0.386. The van der Waals surface area contributed by atoms with Crippen LogP contribution >= 0.6 is 13.5 Å². The van der Waals surface area contributed by atoms with E-state index in [4.69, 9.17) is 9.47 Å². The van der Waals surface area contributed by atoms with Gasteiger partial charge in [-0.15, -0.1) is 0 Å². The zero-order valence-electron chi connectivity index (χ0n) is 16.3. The number of allylic oxidation sites excluding steroid dienone is 1. The zero-order valence-corrected chi connectivity index (χ0v) is 17.3. The van der Waals surface area contributed by atoms with E-state index < -0.39 is 11.2 Å². The van der Waals surface area contributed by atoms with Gasteiger partial charge in [-0.25, -0.2) is 0 Å². The summed E-state index contributed by atoms with van der Waals surface area (Å²) in [6.07, 6.45) is 3.88. The van der Waals surface area contributed by atoms with Gasteiger partial charge in [0.1, 0.15) is 12.1 Å². The van der Waals surface area contributed by atoms with E-state index in [0.717, 1.165) is 0 Å². The Labute approximate surface area is 158 Å². The van der Waals surface area contributed by atoms with Crippen molar-refractivity contribution in [2.24, 2.45) is 0 Å². The normalized spacial score (nSPS) is 11.9. The molecular formula is C18H33NO5S. The Morgan fingerprint density at radius 3 is 2.20 bits per heavy atom. The Balaban J connectivity index is 0. The monoisotopic (exact) mass is 375 g/mol. The fraction of sp³-hybridized carbons (Fsp3) is 0.722. The molecule has 0 N–H and O–H groups in total. The molecule has 0 fully saturated rings. The molecule has 0 aliphatic heterocycles. The lowest BCUT2D eigenvalue weighted by atomic mass is 10.1. The van der Waals surface area contributed by atoms with Crippen LogP contribution in [0.25, 0.3) is 0 Å². The molecule has 0 unspecified atom stereocenters. The molecular weight excluding hydrogens is 342 g/mol. The first-order chi connectivity index (χ1) is 11.0. The largest absolute Gasteiger partial charge is 0.373 e. The molecule has 25 heavy (non-hydrogen) atoms. The van der Waals surface area contributed by atoms with Gasteiger partial charge in [0, 0.05) is 32.5 Å². The number of hydrogen-bond acceptors (Lipinski definition) is 5. The Morgan fingerprint density at radius 1 is 1.08 bits per heavy atom. The highest BCUT2D eigenvalue weighted by Crippen LogP contribution is 2.17. The predicted octanol–water partition coefficient (Wildman–Crippen LogP) is 2.27. The molecule has 0 aromatic rings. The molecule has 1 amide bonds. The maximum atomic E-state index is 11.8. The molecule has 0 radical (unpaired) electrons. The van der Waals surface area contributed by atoms with Crippen molar-refractivity contribution in [3.8, 4) is 0 Å². The summed E-state index contributed by atoms with van der Waals surface area (Å²) in [6, 6.07) is 0. The van der Waals surface area contributed by atoms with Crippen LogP contribution in [-0.2, 0) is 23.9 Å². The van der Waals surface area contributed by atoms with Crippen LogP contribution in [0, 0.1) is 0 Å². The summed E-state index contributed by atoms with van der Waals surface area (Å²) in [5.41, 5.74) is -1.09. The van der Waals surface area contributed by atoms with Gasteiger partial charge in [0.05, 0.1) is 24.4 Å². The third kappa shape index (κ3) is 12.8. The van der Waals surface area contributed by atoms with Gasteiger partial charge in [-0.1, -0.05) is 6.92 Å². The Morgan fingerprint density at radius 2 is 1.68 bits per heavy atom. The van der Waals surface area contributed by atoms with Crippen LogP contribution in [0.1, 0.15) is 47.5 Å². The summed E-state index contributed by atoms with van der Waals surface area (Å²) in [5.74, 6) is -0.0806. The number of carbonyl (C=O) groups is 3. The molecule has 0 saturated carbocycles. The number of Topliss-reactive ketones (excluding diaryl/α,β-unsaturated/α-hetero) is 1. The third-order valence-electron chi connectivity index (χ3n) is 3.39. The maximum Gasteiger partial charge on any atom is 0.246 e. The summed E-state index contributed by atoms with van der Waals surface area (Å²) in [6.45, 7) is 10.5. The lowest BCUT2D eigenvalue weighted by molar-refractivity contribution is -0.140. The van der Waals surface area contributed by atoms with E-state index in [1.807, 2.05) is 34.6 Å². The fourth-order valence-corrected chi connectivity index (χ4v) is 1.97. The van der Waals surface area contributed by atoms with Crippen molar-refractivity contribution in [3.63, 3.8) is 0 Å². The SMILES string of the molecule is CCC(=O)CCOC(C)(C)COC(C)(C)CN(C)C(=O)/C=C\C=O.S. The average Bonchev–Trinajstić information content (AvgIpc) is 2.50. The minimum absolute atomic E-state index is 0. The summed E-state index contributed by atoms with van der Waals surface area (Å²) in [7, 11) is 1.65. The van der Waals surface area contributed by atoms with Crippen molar-refractivity contribution in [1.82, 2.24) is 4.90 Å². The molecule has 0 aliphatic carbocycles. The molecule has 0 aliphatic rings. The van der Waals surface area contributed by atoms with Crippen molar-refractivity contribution in [2.75, 3.05) is 26.8 Å². The third-order valence-corrected chi connectivity index (χ3v) is 3.39. The summed E-state index contributed by atoms with van der Waals surface area (Å²) >= 11 is 0. The van der Waals surface area contributed by atoms with Crippen LogP contribution in [-0.4, -0.2) is 60.9 Å². The standard InChI is InChI=1S/C18H31NO5.H2S/c1-7-15(21)10-12-23-18(4,5)14-24-17(2,3)13-19(6)16(22)9-8-11-20;/h8-9,11H,7,10,12-14H2,1-6H3;1H2/b9-8-;. The first-order valence-electron chi connectivity index (χ1n) is 8.19. The predicted molar refractivity (Wildman–Crippen MR) is 103 cm³/mol. The van der Waals surface area contributed by atoms with Crippen molar-refractivity contribution in [1.29, 1.82) is 0 Å². The Bertz CT molecular complexity index is 460. The number of rotatable bonds is 12. The highest BCUT2D eigenvalue weighted by Gasteiger charge is 2.27. The number of hydrogen-bond donors (Lipinski definition) is 0. The fourth-order valence-electron chi connectivity index (χ4n) is 1.97. The lowest BCUT2D eigenvalue weighted by Crippen LogP contribution is -2.44. The van der Waals surface area contributed by atoms with Gasteiger partial charge in [0.15, 0.2) is 0 Å².